The van der Waals surface area contributed by atoms with E-state index in [4.69, 9.17) is 21.1 Å². The highest BCUT2D eigenvalue weighted by molar-refractivity contribution is 6.31. The van der Waals surface area contributed by atoms with Crippen LogP contribution in [-0.4, -0.2) is 39.3 Å². The Morgan fingerprint density at radius 1 is 1.16 bits per heavy atom. The fourth-order valence-electron chi connectivity index (χ4n) is 2.93. The zero-order chi connectivity index (χ0) is 22.8. The smallest absolute Gasteiger partial charge is 0.333 e. The van der Waals surface area contributed by atoms with E-state index in [0.717, 1.165) is 0 Å². The topological polar surface area (TPSA) is 86.5 Å². The van der Waals surface area contributed by atoms with Crippen molar-refractivity contribution in [3.8, 4) is 17.2 Å². The molecule has 31 heavy (non-hydrogen) atoms. The number of nitrogens with zero attached hydrogens (tertiary/aromatic N) is 3. The second-order valence-corrected chi connectivity index (χ2v) is 8.77. The Kier molecular flexibility index (Phi) is 6.55. The Balaban J connectivity index is 1.86. The summed E-state index contributed by atoms with van der Waals surface area (Å²) in [5, 5.41) is 20.4. The average Bonchev–Trinajstić information content (AvgIpc) is 3.10. The molecule has 3 aromatic rings. The number of aromatic nitrogens is 3. The zero-order valence-corrected chi connectivity index (χ0v) is 18.9. The molecule has 1 heterocycles. The number of hydrogen-bond donors (Lipinski definition) is 1. The predicted octanol–water partition coefficient (Wildman–Crippen LogP) is 4.97. The molecule has 0 radical (unpaired) electrons. The van der Waals surface area contributed by atoms with Crippen LogP contribution in [0.4, 0.5) is 0 Å². The normalized spacial score (nSPS) is 11.5. The second kappa shape index (κ2) is 8.98. The molecule has 0 fully saturated rings. The Bertz CT molecular complexity index is 1130. The van der Waals surface area contributed by atoms with E-state index in [1.54, 1.807) is 37.3 Å². The van der Waals surface area contributed by atoms with Crippen LogP contribution in [0.5, 0.6) is 11.5 Å². The lowest BCUT2D eigenvalue weighted by Crippen LogP contribution is -2.14. The quantitative estimate of drug-likeness (QED) is 0.315. The van der Waals surface area contributed by atoms with Gasteiger partial charge in [-0.25, -0.2) is 4.79 Å². The molecule has 0 aliphatic carbocycles. The van der Waals surface area contributed by atoms with Crippen molar-refractivity contribution in [2.75, 3.05) is 13.2 Å². The molecule has 1 aromatic heterocycles. The number of hydrogen-bond acceptors (Lipinski definition) is 6. The lowest BCUT2D eigenvalue weighted by atomic mass is 9.86. The minimum Gasteiger partial charge on any atom is -0.505 e. The first-order valence-electron chi connectivity index (χ1n) is 9.92. The first-order valence-corrected chi connectivity index (χ1v) is 10.3. The Morgan fingerprint density at radius 2 is 1.87 bits per heavy atom. The van der Waals surface area contributed by atoms with Gasteiger partial charge in [0.2, 0.25) is 0 Å². The molecule has 1 N–H and O–H groups in total. The fourth-order valence-corrected chi connectivity index (χ4v) is 3.10. The Labute approximate surface area is 186 Å². The predicted molar refractivity (Wildman–Crippen MR) is 120 cm³/mol. The monoisotopic (exact) mass is 443 g/mol. The fraction of sp³-hybridized carbons (Fsp3) is 0.348. The molecule has 0 spiro atoms. The number of fused-ring (bicyclic) bond motifs is 1. The molecule has 2 aromatic carbocycles. The number of phenols is 1. The summed E-state index contributed by atoms with van der Waals surface area (Å²) in [6.45, 7) is 11.7. The van der Waals surface area contributed by atoms with Crippen molar-refractivity contribution < 1.29 is 19.4 Å². The molecule has 8 heteroatoms. The van der Waals surface area contributed by atoms with Gasteiger partial charge in [-0.15, -0.1) is 15.0 Å². The van der Waals surface area contributed by atoms with Crippen molar-refractivity contribution in [2.24, 2.45) is 0 Å². The molecule has 0 bridgehead atoms. The highest BCUT2D eigenvalue weighted by Crippen LogP contribution is 2.38. The number of ether oxygens (including phenoxy) is 2. The van der Waals surface area contributed by atoms with E-state index < -0.39 is 5.97 Å². The van der Waals surface area contributed by atoms with Gasteiger partial charge in [-0.05, 0) is 36.6 Å². The van der Waals surface area contributed by atoms with Crippen LogP contribution in [-0.2, 0) is 14.9 Å². The van der Waals surface area contributed by atoms with Gasteiger partial charge in [0.05, 0.1) is 13.2 Å². The van der Waals surface area contributed by atoms with Crippen LogP contribution < -0.4 is 4.74 Å². The molecule has 0 saturated carbocycles. The Hall–Kier alpha value is -3.06. The van der Waals surface area contributed by atoms with Crippen molar-refractivity contribution in [3.05, 3.63) is 53.1 Å². The number of benzene rings is 2. The third-order valence-electron chi connectivity index (χ3n) is 4.57. The molecule has 164 valence electrons. The van der Waals surface area contributed by atoms with Crippen LogP contribution in [0.3, 0.4) is 0 Å². The first-order chi connectivity index (χ1) is 14.6. The van der Waals surface area contributed by atoms with Crippen LogP contribution in [0.15, 0.2) is 42.5 Å². The summed E-state index contributed by atoms with van der Waals surface area (Å²) in [6, 6.07) is 8.72. The summed E-state index contributed by atoms with van der Waals surface area (Å²) in [6.07, 6.45) is 0.516. The van der Waals surface area contributed by atoms with Gasteiger partial charge in [-0.3, -0.25) is 0 Å². The summed E-state index contributed by atoms with van der Waals surface area (Å²) < 4.78 is 11.0. The van der Waals surface area contributed by atoms with Crippen LogP contribution in [0.1, 0.15) is 39.7 Å². The molecular formula is C23H26ClN3O4. The van der Waals surface area contributed by atoms with Crippen molar-refractivity contribution >= 4 is 28.6 Å². The van der Waals surface area contributed by atoms with E-state index >= 15 is 0 Å². The van der Waals surface area contributed by atoms with Gasteiger partial charge in [0.1, 0.15) is 28.2 Å². The van der Waals surface area contributed by atoms with E-state index in [1.165, 1.54) is 4.80 Å². The summed E-state index contributed by atoms with van der Waals surface area (Å²) >= 11 is 6.05. The molecule has 0 aliphatic rings. The lowest BCUT2D eigenvalue weighted by molar-refractivity contribution is -0.139. The van der Waals surface area contributed by atoms with Gasteiger partial charge in [0.15, 0.2) is 0 Å². The van der Waals surface area contributed by atoms with Gasteiger partial charge >= 0.3 is 5.97 Å². The minimum atomic E-state index is -0.418. The van der Waals surface area contributed by atoms with Gasteiger partial charge in [0.25, 0.3) is 0 Å². The summed E-state index contributed by atoms with van der Waals surface area (Å²) in [5.74, 6) is 0.226. The number of halogens is 1. The Morgan fingerprint density at radius 3 is 2.55 bits per heavy atom. The van der Waals surface area contributed by atoms with Gasteiger partial charge in [0, 0.05) is 28.6 Å². The van der Waals surface area contributed by atoms with Gasteiger partial charge < -0.3 is 14.6 Å². The molecular weight excluding hydrogens is 418 g/mol. The zero-order valence-electron chi connectivity index (χ0n) is 18.1. The number of rotatable bonds is 7. The number of esters is 1. The molecule has 0 saturated heterocycles. The van der Waals surface area contributed by atoms with Crippen LogP contribution >= 0.6 is 11.6 Å². The van der Waals surface area contributed by atoms with Crippen LogP contribution in [0.2, 0.25) is 5.02 Å². The summed E-state index contributed by atoms with van der Waals surface area (Å²) in [5.41, 5.74) is 2.41. The SMILES string of the molecule is C=C(C)C(=O)OCCCOc1cc(-n2nc3ccc(Cl)cc3n2)c(O)c(C(C)(C)C)c1. The molecule has 0 unspecified atom stereocenters. The van der Waals surface area contributed by atoms with Gasteiger partial charge in [-0.1, -0.05) is 39.0 Å². The van der Waals surface area contributed by atoms with E-state index in [9.17, 15) is 9.90 Å². The number of carbonyl (C=O) groups is 1. The highest BCUT2D eigenvalue weighted by Gasteiger charge is 2.24. The number of carbonyl (C=O) groups excluding carboxylic acids is 1. The molecule has 0 amide bonds. The van der Waals surface area contributed by atoms with E-state index in [2.05, 4.69) is 16.8 Å². The van der Waals surface area contributed by atoms with Gasteiger partial charge in [-0.2, -0.15) is 0 Å². The number of aromatic hydroxyl groups is 1. The second-order valence-electron chi connectivity index (χ2n) is 8.33. The standard InChI is InChI=1S/C23H26ClN3O4/c1-14(2)22(29)31-10-6-9-30-16-12-17(23(3,4)5)21(28)20(13-16)27-25-18-8-7-15(24)11-19(18)26-27/h7-8,11-13,28H,1,6,9-10H2,2-5H3. The van der Waals surface area contributed by atoms with Crippen LogP contribution in [0, 0.1) is 0 Å². The van der Waals surface area contributed by atoms with Crippen LogP contribution in [0.25, 0.3) is 16.7 Å². The maximum Gasteiger partial charge on any atom is 0.333 e. The van der Waals surface area contributed by atoms with Crippen molar-refractivity contribution in [1.29, 1.82) is 0 Å². The van der Waals surface area contributed by atoms with Crippen molar-refractivity contribution in [2.45, 2.75) is 39.5 Å². The minimum absolute atomic E-state index is 0.0849. The third kappa shape index (κ3) is 5.35. The maximum atomic E-state index is 11.4. The maximum absolute atomic E-state index is 11.4. The van der Waals surface area contributed by atoms with Crippen molar-refractivity contribution in [1.82, 2.24) is 15.0 Å². The largest absolute Gasteiger partial charge is 0.505 e. The molecule has 0 aliphatic heterocycles. The summed E-state index contributed by atoms with van der Waals surface area (Å²) in [7, 11) is 0. The highest BCUT2D eigenvalue weighted by atomic mass is 35.5. The third-order valence-corrected chi connectivity index (χ3v) is 4.80. The first kappa shape index (κ1) is 22.6. The lowest BCUT2D eigenvalue weighted by Gasteiger charge is -2.23. The van der Waals surface area contributed by atoms with E-state index in [-0.39, 0.29) is 17.8 Å². The molecule has 0 atom stereocenters. The summed E-state index contributed by atoms with van der Waals surface area (Å²) in [4.78, 5) is 12.8. The van der Waals surface area contributed by atoms with E-state index in [0.29, 0.717) is 51.7 Å². The number of phenolic OH excluding ortho intramolecular Hbond substituents is 1. The van der Waals surface area contributed by atoms with E-state index in [1.807, 2.05) is 20.8 Å². The average molecular weight is 444 g/mol. The molecule has 3 rings (SSSR count). The molecule has 7 nitrogen and oxygen atoms in total. The van der Waals surface area contributed by atoms with Crippen molar-refractivity contribution in [3.63, 3.8) is 0 Å².